The van der Waals surface area contributed by atoms with Gasteiger partial charge in [0.2, 0.25) is 5.91 Å². The maximum Gasteiger partial charge on any atom is 0.251 e. The van der Waals surface area contributed by atoms with Crippen LogP contribution in [0, 0.1) is 0 Å². The fourth-order valence-electron chi connectivity index (χ4n) is 2.69. The zero-order valence-electron chi connectivity index (χ0n) is 13.7. The molecular weight excluding hydrogens is 314 g/mol. The van der Waals surface area contributed by atoms with E-state index in [4.69, 9.17) is 0 Å². The molecule has 1 aliphatic rings. The van der Waals surface area contributed by atoms with Crippen LogP contribution in [0.3, 0.4) is 0 Å². The van der Waals surface area contributed by atoms with Crippen LogP contribution in [-0.2, 0) is 4.79 Å². The molecule has 1 aliphatic heterocycles. The quantitative estimate of drug-likeness (QED) is 0.804. The molecule has 0 aromatic heterocycles. The van der Waals surface area contributed by atoms with Gasteiger partial charge in [0, 0.05) is 43.7 Å². The summed E-state index contributed by atoms with van der Waals surface area (Å²) in [5.74, 6) is 0.0898. The fourth-order valence-corrected chi connectivity index (χ4v) is 2.69. The van der Waals surface area contributed by atoms with Gasteiger partial charge in [-0.3, -0.25) is 9.59 Å². The van der Waals surface area contributed by atoms with Gasteiger partial charge in [-0.2, -0.15) is 0 Å². The van der Waals surface area contributed by atoms with Crippen LogP contribution >= 0.6 is 12.4 Å². The summed E-state index contributed by atoms with van der Waals surface area (Å²) in [7, 11) is 0. The van der Waals surface area contributed by atoms with Gasteiger partial charge in [0.15, 0.2) is 0 Å². The third kappa shape index (κ3) is 5.52. The second kappa shape index (κ2) is 9.53. The monoisotopic (exact) mass is 339 g/mol. The zero-order valence-corrected chi connectivity index (χ0v) is 14.6. The van der Waals surface area contributed by atoms with Gasteiger partial charge < -0.3 is 15.5 Å². The maximum absolute atomic E-state index is 12.3. The van der Waals surface area contributed by atoms with Crippen molar-refractivity contribution in [1.29, 1.82) is 0 Å². The van der Waals surface area contributed by atoms with E-state index in [9.17, 15) is 9.59 Å². The SMILES string of the molecule is CC1NCCN(C(=O)CCCNC(=O)c2ccccc2)C1C.Cl. The molecule has 2 amide bonds. The highest BCUT2D eigenvalue weighted by Gasteiger charge is 2.27. The summed E-state index contributed by atoms with van der Waals surface area (Å²) >= 11 is 0. The molecule has 5 nitrogen and oxygen atoms in total. The van der Waals surface area contributed by atoms with Crippen molar-refractivity contribution in [3.8, 4) is 0 Å². The molecule has 0 saturated carbocycles. The number of benzene rings is 1. The van der Waals surface area contributed by atoms with E-state index >= 15 is 0 Å². The van der Waals surface area contributed by atoms with Gasteiger partial charge in [-0.15, -0.1) is 12.4 Å². The number of amides is 2. The van der Waals surface area contributed by atoms with Crippen LogP contribution in [0.1, 0.15) is 37.0 Å². The van der Waals surface area contributed by atoms with Gasteiger partial charge in [0.25, 0.3) is 5.91 Å². The Morgan fingerprint density at radius 3 is 2.65 bits per heavy atom. The van der Waals surface area contributed by atoms with E-state index in [-0.39, 0.29) is 30.3 Å². The summed E-state index contributed by atoms with van der Waals surface area (Å²) in [6.45, 7) is 6.31. The second-order valence-electron chi connectivity index (χ2n) is 5.80. The van der Waals surface area contributed by atoms with Crippen LogP contribution in [0.25, 0.3) is 0 Å². The topological polar surface area (TPSA) is 61.4 Å². The number of carbonyl (C=O) groups is 2. The molecule has 0 radical (unpaired) electrons. The van der Waals surface area contributed by atoms with Crippen molar-refractivity contribution in [3.05, 3.63) is 35.9 Å². The summed E-state index contributed by atoms with van der Waals surface area (Å²) in [6, 6.07) is 9.67. The molecule has 2 atom stereocenters. The first-order valence-corrected chi connectivity index (χ1v) is 7.95. The first kappa shape index (κ1) is 19.5. The number of hydrogen-bond acceptors (Lipinski definition) is 3. The zero-order chi connectivity index (χ0) is 15.9. The molecule has 2 rings (SSSR count). The molecule has 128 valence electrons. The third-order valence-electron chi connectivity index (χ3n) is 4.24. The van der Waals surface area contributed by atoms with Crippen LogP contribution in [0.15, 0.2) is 30.3 Å². The standard InChI is InChI=1S/C17H25N3O2.ClH/c1-13-14(2)20(12-11-18-13)16(21)9-6-10-19-17(22)15-7-4-3-5-8-15;/h3-5,7-8,13-14,18H,6,9-12H2,1-2H3,(H,19,22);1H. The number of hydrogen-bond donors (Lipinski definition) is 2. The van der Waals surface area contributed by atoms with Gasteiger partial charge in [0.1, 0.15) is 0 Å². The Kier molecular flexibility index (Phi) is 8.06. The molecule has 1 aromatic carbocycles. The maximum atomic E-state index is 12.3. The first-order chi connectivity index (χ1) is 10.6. The molecule has 1 aromatic rings. The van der Waals surface area contributed by atoms with Crippen LogP contribution in [0.2, 0.25) is 0 Å². The molecular formula is C17H26ClN3O2. The van der Waals surface area contributed by atoms with E-state index in [0.717, 1.165) is 13.1 Å². The molecule has 2 unspecified atom stereocenters. The second-order valence-corrected chi connectivity index (χ2v) is 5.80. The van der Waals surface area contributed by atoms with Crippen LogP contribution in [0.5, 0.6) is 0 Å². The van der Waals surface area contributed by atoms with Crippen LogP contribution < -0.4 is 10.6 Å². The average molecular weight is 340 g/mol. The van der Waals surface area contributed by atoms with Gasteiger partial charge in [0.05, 0.1) is 0 Å². The molecule has 0 bridgehead atoms. The summed E-state index contributed by atoms with van der Waals surface area (Å²) < 4.78 is 0. The number of halogens is 1. The summed E-state index contributed by atoms with van der Waals surface area (Å²) in [5.41, 5.74) is 0.651. The Labute approximate surface area is 144 Å². The number of piperazine rings is 1. The third-order valence-corrected chi connectivity index (χ3v) is 4.24. The van der Waals surface area contributed by atoms with Gasteiger partial charge in [-0.25, -0.2) is 0 Å². The summed E-state index contributed by atoms with van der Waals surface area (Å²) in [4.78, 5) is 26.1. The number of nitrogens with one attached hydrogen (secondary N) is 2. The minimum Gasteiger partial charge on any atom is -0.352 e. The predicted molar refractivity (Wildman–Crippen MR) is 93.9 cm³/mol. The lowest BCUT2D eigenvalue weighted by molar-refractivity contribution is -0.134. The van der Waals surface area contributed by atoms with E-state index < -0.39 is 0 Å². The molecule has 1 heterocycles. The van der Waals surface area contributed by atoms with Crippen molar-refractivity contribution in [1.82, 2.24) is 15.5 Å². The molecule has 6 heteroatoms. The van der Waals surface area contributed by atoms with Gasteiger partial charge >= 0.3 is 0 Å². The van der Waals surface area contributed by atoms with E-state index in [2.05, 4.69) is 24.5 Å². The minimum atomic E-state index is -0.0859. The van der Waals surface area contributed by atoms with Crippen LogP contribution in [-0.4, -0.2) is 48.4 Å². The van der Waals surface area contributed by atoms with Crippen LogP contribution in [0.4, 0.5) is 0 Å². The normalized spacial score (nSPS) is 20.5. The fraction of sp³-hybridized carbons (Fsp3) is 0.529. The lowest BCUT2D eigenvalue weighted by Gasteiger charge is -2.38. The predicted octanol–water partition coefficient (Wildman–Crippen LogP) is 1.83. The van der Waals surface area contributed by atoms with Crippen molar-refractivity contribution in [3.63, 3.8) is 0 Å². The lowest BCUT2D eigenvalue weighted by atomic mass is 10.1. The Morgan fingerprint density at radius 1 is 1.26 bits per heavy atom. The van der Waals surface area contributed by atoms with Crippen molar-refractivity contribution in [2.45, 2.75) is 38.8 Å². The number of rotatable bonds is 5. The van der Waals surface area contributed by atoms with E-state index in [1.807, 2.05) is 23.1 Å². The Morgan fingerprint density at radius 2 is 1.96 bits per heavy atom. The van der Waals surface area contributed by atoms with Gasteiger partial charge in [-0.1, -0.05) is 18.2 Å². The summed E-state index contributed by atoms with van der Waals surface area (Å²) in [6.07, 6.45) is 1.15. The van der Waals surface area contributed by atoms with E-state index in [0.29, 0.717) is 31.0 Å². The van der Waals surface area contributed by atoms with E-state index in [1.54, 1.807) is 12.1 Å². The van der Waals surface area contributed by atoms with Crippen molar-refractivity contribution >= 4 is 24.2 Å². The molecule has 23 heavy (non-hydrogen) atoms. The Bertz CT molecular complexity index is 510. The van der Waals surface area contributed by atoms with Gasteiger partial charge in [-0.05, 0) is 32.4 Å². The Hall–Kier alpha value is -1.59. The average Bonchev–Trinajstić information content (AvgIpc) is 2.54. The minimum absolute atomic E-state index is 0. The molecule has 0 spiro atoms. The van der Waals surface area contributed by atoms with Crippen molar-refractivity contribution in [2.24, 2.45) is 0 Å². The Balaban J connectivity index is 0.00000264. The van der Waals surface area contributed by atoms with Crippen molar-refractivity contribution in [2.75, 3.05) is 19.6 Å². The molecule has 1 saturated heterocycles. The molecule has 0 aliphatic carbocycles. The summed E-state index contributed by atoms with van der Waals surface area (Å²) in [5, 5.41) is 6.22. The smallest absolute Gasteiger partial charge is 0.251 e. The highest BCUT2D eigenvalue weighted by Crippen LogP contribution is 2.11. The largest absolute Gasteiger partial charge is 0.352 e. The highest BCUT2D eigenvalue weighted by atomic mass is 35.5. The van der Waals surface area contributed by atoms with E-state index in [1.165, 1.54) is 0 Å². The van der Waals surface area contributed by atoms with Crippen molar-refractivity contribution < 1.29 is 9.59 Å². The molecule has 1 fully saturated rings. The molecule has 2 N–H and O–H groups in total. The first-order valence-electron chi connectivity index (χ1n) is 7.95. The number of nitrogens with zero attached hydrogens (tertiary/aromatic N) is 1. The highest BCUT2D eigenvalue weighted by molar-refractivity contribution is 5.94. The lowest BCUT2D eigenvalue weighted by Crippen LogP contribution is -2.57. The number of carbonyl (C=O) groups excluding carboxylic acids is 2.